The number of amides is 1. The van der Waals surface area contributed by atoms with E-state index in [9.17, 15) is 14.7 Å². The highest BCUT2D eigenvalue weighted by molar-refractivity contribution is 6.00. The molecular formula is C14H19NO3. The molecule has 0 aromatic heterocycles. The number of hydrogen-bond acceptors (Lipinski definition) is 2. The van der Waals surface area contributed by atoms with Gasteiger partial charge in [0.1, 0.15) is 0 Å². The van der Waals surface area contributed by atoms with Crippen LogP contribution in [0.25, 0.3) is 0 Å². The lowest BCUT2D eigenvalue weighted by molar-refractivity contribution is 0.0695. The number of nitrogens with one attached hydrogen (secondary N) is 1. The number of carboxylic acids is 1. The summed E-state index contributed by atoms with van der Waals surface area (Å²) in [6.45, 7) is 7.50. The molecule has 0 fully saturated rings. The standard InChI is InChI=1S/C14H19NO3/c1-8(2)12-10(13(16)15-9(3)4)6-5-7-11(12)14(17)18/h5-9H,1-4H3,(H,15,16)(H,17,18). The summed E-state index contributed by atoms with van der Waals surface area (Å²) in [7, 11) is 0. The maximum absolute atomic E-state index is 12.1. The summed E-state index contributed by atoms with van der Waals surface area (Å²) in [4.78, 5) is 23.2. The zero-order valence-electron chi connectivity index (χ0n) is 11.2. The fourth-order valence-electron chi connectivity index (χ4n) is 1.91. The Morgan fingerprint density at radius 2 is 1.67 bits per heavy atom. The summed E-state index contributed by atoms with van der Waals surface area (Å²) in [5.74, 6) is -1.25. The van der Waals surface area contributed by atoms with Crippen molar-refractivity contribution in [3.8, 4) is 0 Å². The average molecular weight is 249 g/mol. The van der Waals surface area contributed by atoms with Gasteiger partial charge in [0.05, 0.1) is 5.56 Å². The van der Waals surface area contributed by atoms with Crippen LogP contribution in [0.2, 0.25) is 0 Å². The molecule has 4 heteroatoms. The normalized spacial score (nSPS) is 10.8. The van der Waals surface area contributed by atoms with Gasteiger partial charge < -0.3 is 10.4 Å². The van der Waals surface area contributed by atoms with Crippen LogP contribution in [0.5, 0.6) is 0 Å². The van der Waals surface area contributed by atoms with Gasteiger partial charge in [-0.2, -0.15) is 0 Å². The second-order valence-corrected chi connectivity index (χ2v) is 4.85. The van der Waals surface area contributed by atoms with E-state index in [2.05, 4.69) is 5.32 Å². The van der Waals surface area contributed by atoms with Crippen molar-refractivity contribution in [1.29, 1.82) is 0 Å². The topological polar surface area (TPSA) is 66.4 Å². The first-order valence-electron chi connectivity index (χ1n) is 6.01. The molecule has 98 valence electrons. The Balaban J connectivity index is 3.31. The average Bonchev–Trinajstić information content (AvgIpc) is 2.26. The van der Waals surface area contributed by atoms with Gasteiger partial charge in [-0.05, 0) is 37.5 Å². The van der Waals surface area contributed by atoms with Crippen LogP contribution in [0.15, 0.2) is 18.2 Å². The summed E-state index contributed by atoms with van der Waals surface area (Å²) >= 11 is 0. The Hall–Kier alpha value is -1.84. The number of hydrogen-bond donors (Lipinski definition) is 2. The van der Waals surface area contributed by atoms with E-state index in [1.54, 1.807) is 12.1 Å². The summed E-state index contributed by atoms with van der Waals surface area (Å²) < 4.78 is 0. The molecule has 4 nitrogen and oxygen atoms in total. The molecule has 1 amide bonds. The van der Waals surface area contributed by atoms with Crippen LogP contribution in [-0.2, 0) is 0 Å². The molecule has 0 aliphatic carbocycles. The highest BCUT2D eigenvalue weighted by atomic mass is 16.4. The first-order chi connectivity index (χ1) is 8.34. The smallest absolute Gasteiger partial charge is 0.335 e. The summed E-state index contributed by atoms with van der Waals surface area (Å²) in [6, 6.07) is 4.82. The fraction of sp³-hybridized carbons (Fsp3) is 0.429. The molecule has 18 heavy (non-hydrogen) atoms. The van der Waals surface area contributed by atoms with Crippen molar-refractivity contribution in [2.24, 2.45) is 0 Å². The quantitative estimate of drug-likeness (QED) is 0.862. The molecule has 0 saturated heterocycles. The maximum Gasteiger partial charge on any atom is 0.335 e. The number of carbonyl (C=O) groups excluding carboxylic acids is 1. The maximum atomic E-state index is 12.1. The highest BCUT2D eigenvalue weighted by Gasteiger charge is 2.20. The molecule has 1 aromatic carbocycles. The van der Waals surface area contributed by atoms with Crippen LogP contribution >= 0.6 is 0 Å². The Labute approximate surface area is 107 Å². The van der Waals surface area contributed by atoms with Gasteiger partial charge in [-0.3, -0.25) is 4.79 Å². The lowest BCUT2D eigenvalue weighted by Gasteiger charge is -2.16. The lowest BCUT2D eigenvalue weighted by Crippen LogP contribution is -2.31. The van der Waals surface area contributed by atoms with Crippen molar-refractivity contribution < 1.29 is 14.7 Å². The first-order valence-corrected chi connectivity index (χ1v) is 6.01. The zero-order chi connectivity index (χ0) is 13.9. The van der Waals surface area contributed by atoms with Gasteiger partial charge in [0.25, 0.3) is 5.91 Å². The van der Waals surface area contributed by atoms with Crippen LogP contribution in [0, 0.1) is 0 Å². The first kappa shape index (κ1) is 14.2. The Bertz CT molecular complexity index is 464. The Morgan fingerprint density at radius 1 is 1.11 bits per heavy atom. The molecule has 0 unspecified atom stereocenters. The highest BCUT2D eigenvalue weighted by Crippen LogP contribution is 2.24. The van der Waals surface area contributed by atoms with Crippen LogP contribution in [0.1, 0.15) is 59.9 Å². The SMILES string of the molecule is CC(C)NC(=O)c1cccc(C(=O)O)c1C(C)C. The van der Waals surface area contributed by atoms with E-state index < -0.39 is 5.97 Å². The molecule has 0 saturated carbocycles. The summed E-state index contributed by atoms with van der Waals surface area (Å²) in [5.41, 5.74) is 1.23. The van der Waals surface area contributed by atoms with E-state index in [1.165, 1.54) is 6.07 Å². The molecule has 0 spiro atoms. The third-order valence-electron chi connectivity index (χ3n) is 2.58. The minimum Gasteiger partial charge on any atom is -0.478 e. The predicted molar refractivity (Wildman–Crippen MR) is 70.1 cm³/mol. The monoisotopic (exact) mass is 249 g/mol. The van der Waals surface area contributed by atoms with Crippen molar-refractivity contribution in [2.75, 3.05) is 0 Å². The largest absolute Gasteiger partial charge is 0.478 e. The number of benzene rings is 1. The molecule has 2 N–H and O–H groups in total. The molecule has 0 heterocycles. The van der Waals surface area contributed by atoms with Crippen LogP contribution in [0.4, 0.5) is 0 Å². The van der Waals surface area contributed by atoms with E-state index in [1.807, 2.05) is 27.7 Å². The van der Waals surface area contributed by atoms with Crippen LogP contribution in [0.3, 0.4) is 0 Å². The van der Waals surface area contributed by atoms with Gasteiger partial charge in [-0.25, -0.2) is 4.79 Å². The molecule has 0 bridgehead atoms. The van der Waals surface area contributed by atoms with Crippen molar-refractivity contribution in [3.05, 3.63) is 34.9 Å². The van der Waals surface area contributed by atoms with E-state index in [-0.39, 0.29) is 23.4 Å². The Kier molecular flexibility index (Phi) is 4.48. The van der Waals surface area contributed by atoms with Crippen molar-refractivity contribution in [1.82, 2.24) is 5.32 Å². The van der Waals surface area contributed by atoms with Gasteiger partial charge in [0.15, 0.2) is 0 Å². The van der Waals surface area contributed by atoms with Gasteiger partial charge >= 0.3 is 5.97 Å². The molecule has 1 rings (SSSR count). The lowest BCUT2D eigenvalue weighted by atomic mass is 9.91. The molecule has 0 aliphatic rings. The molecule has 0 aliphatic heterocycles. The number of carboxylic acid groups (broad SMARTS) is 1. The second kappa shape index (κ2) is 5.67. The predicted octanol–water partition coefficient (Wildman–Crippen LogP) is 2.65. The van der Waals surface area contributed by atoms with Crippen molar-refractivity contribution in [2.45, 2.75) is 39.7 Å². The van der Waals surface area contributed by atoms with Crippen molar-refractivity contribution in [3.63, 3.8) is 0 Å². The van der Waals surface area contributed by atoms with E-state index in [0.717, 1.165) is 0 Å². The van der Waals surface area contributed by atoms with Gasteiger partial charge in [0, 0.05) is 11.6 Å². The van der Waals surface area contributed by atoms with E-state index in [0.29, 0.717) is 11.1 Å². The van der Waals surface area contributed by atoms with Gasteiger partial charge in [-0.1, -0.05) is 19.9 Å². The third kappa shape index (κ3) is 3.09. The van der Waals surface area contributed by atoms with Crippen LogP contribution in [-0.4, -0.2) is 23.0 Å². The molecule has 0 atom stereocenters. The zero-order valence-corrected chi connectivity index (χ0v) is 11.2. The second-order valence-electron chi connectivity index (χ2n) is 4.85. The number of carbonyl (C=O) groups is 2. The molecule has 1 aromatic rings. The number of rotatable bonds is 4. The minimum absolute atomic E-state index is 0.0194. The molecular weight excluding hydrogens is 230 g/mol. The van der Waals surface area contributed by atoms with E-state index in [4.69, 9.17) is 0 Å². The van der Waals surface area contributed by atoms with E-state index >= 15 is 0 Å². The summed E-state index contributed by atoms with van der Waals surface area (Å²) in [5, 5.41) is 12.0. The minimum atomic E-state index is -1.00. The molecule has 0 radical (unpaired) electrons. The van der Waals surface area contributed by atoms with Gasteiger partial charge in [0.2, 0.25) is 0 Å². The van der Waals surface area contributed by atoms with Gasteiger partial charge in [-0.15, -0.1) is 0 Å². The third-order valence-corrected chi connectivity index (χ3v) is 2.58. The van der Waals surface area contributed by atoms with Crippen molar-refractivity contribution >= 4 is 11.9 Å². The number of aromatic carboxylic acids is 1. The fourth-order valence-corrected chi connectivity index (χ4v) is 1.91. The van der Waals surface area contributed by atoms with Crippen LogP contribution < -0.4 is 5.32 Å². The summed E-state index contributed by atoms with van der Waals surface area (Å²) in [6.07, 6.45) is 0. The Morgan fingerprint density at radius 3 is 2.11 bits per heavy atom.